The number of methoxy groups -OCH3 is 1. The standard InChI is InChI=1S/C15H17N3O2/c1-10(19)18-6-4-11-8-17-15(13(11)9-18)14-7-12(20-2)3-5-16-14/h3,5,7H,4,6,8-9H2,1-2H3. The maximum Gasteiger partial charge on any atom is 0.219 e. The van der Waals surface area contributed by atoms with Crippen LogP contribution in [0.1, 0.15) is 19.0 Å². The lowest BCUT2D eigenvalue weighted by atomic mass is 9.97. The smallest absolute Gasteiger partial charge is 0.219 e. The number of carbonyl (C=O) groups is 1. The molecule has 0 unspecified atom stereocenters. The third kappa shape index (κ3) is 2.19. The Balaban J connectivity index is 1.91. The molecular formula is C15H17N3O2. The Bertz CT molecular complexity index is 619. The van der Waals surface area contributed by atoms with Crippen LogP contribution < -0.4 is 4.74 Å². The molecule has 0 saturated carbocycles. The van der Waals surface area contributed by atoms with Crippen molar-refractivity contribution in [2.24, 2.45) is 4.99 Å². The van der Waals surface area contributed by atoms with Crippen molar-refractivity contribution >= 4 is 11.6 Å². The van der Waals surface area contributed by atoms with Crippen LogP contribution in [0, 0.1) is 0 Å². The zero-order valence-corrected chi connectivity index (χ0v) is 11.7. The average Bonchev–Trinajstić information content (AvgIpc) is 2.90. The van der Waals surface area contributed by atoms with Gasteiger partial charge in [0.15, 0.2) is 0 Å². The Hall–Kier alpha value is -2.17. The fourth-order valence-corrected chi connectivity index (χ4v) is 2.66. The number of rotatable bonds is 2. The molecule has 0 saturated heterocycles. The molecule has 3 heterocycles. The van der Waals surface area contributed by atoms with Gasteiger partial charge in [0.2, 0.25) is 5.91 Å². The number of nitrogens with zero attached hydrogens (tertiary/aromatic N) is 3. The first-order chi connectivity index (χ1) is 9.69. The molecule has 3 rings (SSSR count). The molecule has 0 radical (unpaired) electrons. The van der Waals surface area contributed by atoms with Crippen LogP contribution in [-0.2, 0) is 4.79 Å². The first-order valence-electron chi connectivity index (χ1n) is 6.70. The fraction of sp³-hybridized carbons (Fsp3) is 0.400. The van der Waals surface area contributed by atoms with Gasteiger partial charge in [-0.05, 0) is 18.1 Å². The number of amides is 1. The van der Waals surface area contributed by atoms with E-state index in [9.17, 15) is 4.79 Å². The third-order valence-electron chi connectivity index (χ3n) is 3.83. The number of aromatic nitrogens is 1. The Morgan fingerprint density at radius 3 is 3.05 bits per heavy atom. The maximum absolute atomic E-state index is 11.6. The van der Waals surface area contributed by atoms with Crippen LogP contribution in [0.5, 0.6) is 5.75 Å². The highest BCUT2D eigenvalue weighted by Gasteiger charge is 2.28. The van der Waals surface area contributed by atoms with E-state index in [2.05, 4.69) is 9.98 Å². The van der Waals surface area contributed by atoms with Crippen LogP contribution in [0.15, 0.2) is 34.5 Å². The summed E-state index contributed by atoms with van der Waals surface area (Å²) in [6, 6.07) is 3.71. The van der Waals surface area contributed by atoms with E-state index >= 15 is 0 Å². The van der Waals surface area contributed by atoms with Crippen molar-refractivity contribution in [3.63, 3.8) is 0 Å². The molecule has 1 aromatic rings. The predicted molar refractivity (Wildman–Crippen MR) is 76.1 cm³/mol. The minimum Gasteiger partial charge on any atom is -0.497 e. The summed E-state index contributed by atoms with van der Waals surface area (Å²) in [6.45, 7) is 3.78. The number of aliphatic imine (C=N–C) groups is 1. The summed E-state index contributed by atoms with van der Waals surface area (Å²) >= 11 is 0. The molecule has 20 heavy (non-hydrogen) atoms. The minimum absolute atomic E-state index is 0.112. The lowest BCUT2D eigenvalue weighted by Crippen LogP contribution is -2.36. The van der Waals surface area contributed by atoms with Gasteiger partial charge in [0.05, 0.1) is 25.1 Å². The van der Waals surface area contributed by atoms with Gasteiger partial charge in [-0.25, -0.2) is 0 Å². The molecule has 0 fully saturated rings. The molecular weight excluding hydrogens is 254 g/mol. The van der Waals surface area contributed by atoms with Crippen molar-refractivity contribution in [3.05, 3.63) is 35.2 Å². The average molecular weight is 271 g/mol. The lowest BCUT2D eigenvalue weighted by molar-refractivity contribution is -0.128. The number of hydrogen-bond acceptors (Lipinski definition) is 4. The van der Waals surface area contributed by atoms with E-state index in [1.807, 2.05) is 17.0 Å². The molecule has 0 aromatic carbocycles. The fourth-order valence-electron chi connectivity index (χ4n) is 2.66. The van der Waals surface area contributed by atoms with Gasteiger partial charge in [-0.3, -0.25) is 14.8 Å². The van der Waals surface area contributed by atoms with Gasteiger partial charge in [-0.2, -0.15) is 0 Å². The number of ether oxygens (including phenoxy) is 1. The number of carbonyl (C=O) groups excluding carboxylic acids is 1. The van der Waals surface area contributed by atoms with Crippen molar-refractivity contribution in [2.75, 3.05) is 26.7 Å². The Morgan fingerprint density at radius 1 is 1.45 bits per heavy atom. The Morgan fingerprint density at radius 2 is 2.30 bits per heavy atom. The third-order valence-corrected chi connectivity index (χ3v) is 3.83. The first kappa shape index (κ1) is 12.8. The summed E-state index contributed by atoms with van der Waals surface area (Å²) in [7, 11) is 1.64. The topological polar surface area (TPSA) is 54.8 Å². The van der Waals surface area contributed by atoms with Gasteiger partial charge in [0.1, 0.15) is 5.75 Å². The van der Waals surface area contributed by atoms with E-state index in [4.69, 9.17) is 4.74 Å². The molecule has 0 aliphatic carbocycles. The molecule has 2 aliphatic rings. The monoisotopic (exact) mass is 271 g/mol. The van der Waals surface area contributed by atoms with Crippen molar-refractivity contribution in [2.45, 2.75) is 13.3 Å². The second-order valence-corrected chi connectivity index (χ2v) is 5.02. The largest absolute Gasteiger partial charge is 0.497 e. The van der Waals surface area contributed by atoms with E-state index in [1.54, 1.807) is 20.2 Å². The summed E-state index contributed by atoms with van der Waals surface area (Å²) in [5.41, 5.74) is 4.22. The van der Waals surface area contributed by atoms with Crippen LogP contribution in [0.3, 0.4) is 0 Å². The van der Waals surface area contributed by atoms with Gasteiger partial charge >= 0.3 is 0 Å². The van der Waals surface area contributed by atoms with Gasteiger partial charge in [-0.1, -0.05) is 0 Å². The molecule has 5 nitrogen and oxygen atoms in total. The zero-order valence-electron chi connectivity index (χ0n) is 11.7. The maximum atomic E-state index is 11.6. The second kappa shape index (κ2) is 5.07. The van der Waals surface area contributed by atoms with Gasteiger partial charge < -0.3 is 9.64 Å². The van der Waals surface area contributed by atoms with Crippen LogP contribution in [0.2, 0.25) is 0 Å². The lowest BCUT2D eigenvalue weighted by Gasteiger charge is -2.27. The molecule has 0 spiro atoms. The van der Waals surface area contributed by atoms with Gasteiger partial charge in [0, 0.05) is 37.8 Å². The number of pyridine rings is 1. The van der Waals surface area contributed by atoms with Crippen LogP contribution in [-0.4, -0.2) is 48.2 Å². The van der Waals surface area contributed by atoms with Crippen LogP contribution in [0.25, 0.3) is 0 Å². The van der Waals surface area contributed by atoms with E-state index in [0.717, 1.165) is 42.2 Å². The molecule has 2 aliphatic heterocycles. The van der Waals surface area contributed by atoms with Crippen molar-refractivity contribution in [3.8, 4) is 5.75 Å². The van der Waals surface area contributed by atoms with Crippen molar-refractivity contribution < 1.29 is 9.53 Å². The summed E-state index contributed by atoms with van der Waals surface area (Å²) < 4.78 is 5.23. The number of hydrogen-bond donors (Lipinski definition) is 0. The summed E-state index contributed by atoms with van der Waals surface area (Å²) in [5.74, 6) is 0.882. The molecule has 1 aromatic heterocycles. The quantitative estimate of drug-likeness (QED) is 0.818. The summed E-state index contributed by atoms with van der Waals surface area (Å²) in [6.07, 6.45) is 2.63. The Labute approximate surface area is 118 Å². The van der Waals surface area contributed by atoms with E-state index in [0.29, 0.717) is 6.54 Å². The van der Waals surface area contributed by atoms with Gasteiger partial charge in [-0.15, -0.1) is 0 Å². The van der Waals surface area contributed by atoms with Crippen molar-refractivity contribution in [1.29, 1.82) is 0 Å². The molecule has 0 atom stereocenters. The highest BCUT2D eigenvalue weighted by atomic mass is 16.5. The molecule has 0 N–H and O–H groups in total. The van der Waals surface area contributed by atoms with Gasteiger partial charge in [0.25, 0.3) is 0 Å². The first-order valence-corrected chi connectivity index (χ1v) is 6.70. The van der Waals surface area contributed by atoms with E-state index < -0.39 is 0 Å². The highest BCUT2D eigenvalue weighted by molar-refractivity contribution is 6.14. The second-order valence-electron chi connectivity index (χ2n) is 5.02. The van der Waals surface area contributed by atoms with E-state index in [1.165, 1.54) is 5.57 Å². The molecule has 0 bridgehead atoms. The normalized spacial score (nSPS) is 17.9. The minimum atomic E-state index is 0.112. The summed E-state index contributed by atoms with van der Waals surface area (Å²) in [4.78, 5) is 22.4. The molecule has 1 amide bonds. The predicted octanol–water partition coefficient (Wildman–Crippen LogP) is 1.44. The highest BCUT2D eigenvalue weighted by Crippen LogP contribution is 2.27. The molecule has 104 valence electrons. The molecule has 5 heteroatoms. The SMILES string of the molecule is COc1ccnc(C2=NCC3=C2CN(C(C)=O)CC3)c1. The zero-order chi connectivity index (χ0) is 14.1. The van der Waals surface area contributed by atoms with E-state index in [-0.39, 0.29) is 5.91 Å². The Kier molecular flexibility index (Phi) is 3.26. The van der Waals surface area contributed by atoms with Crippen LogP contribution in [0.4, 0.5) is 0 Å². The van der Waals surface area contributed by atoms with Crippen LogP contribution >= 0.6 is 0 Å². The summed E-state index contributed by atoms with van der Waals surface area (Å²) in [5, 5.41) is 0. The van der Waals surface area contributed by atoms with Crippen molar-refractivity contribution in [1.82, 2.24) is 9.88 Å².